The van der Waals surface area contributed by atoms with Crippen LogP contribution in [0.5, 0.6) is 0 Å². The summed E-state index contributed by atoms with van der Waals surface area (Å²) in [5.41, 5.74) is 10.5. The molecule has 4 amide bonds. The highest BCUT2D eigenvalue weighted by Gasteiger charge is 2.40. The number of ether oxygens (including phenoxy) is 2. The van der Waals surface area contributed by atoms with Crippen LogP contribution in [0.25, 0.3) is 33.3 Å². The van der Waals surface area contributed by atoms with Gasteiger partial charge in [-0.15, -0.1) is 0 Å². The van der Waals surface area contributed by atoms with E-state index in [1.807, 2.05) is 39.0 Å². The van der Waals surface area contributed by atoms with Crippen LogP contribution >= 0.6 is 67.5 Å². The number of carbonyl (C=O) groups excluding carboxylic acids is 5. The number of carbonyl (C=O) groups is 5. The van der Waals surface area contributed by atoms with E-state index in [1.54, 1.807) is 25.3 Å². The van der Waals surface area contributed by atoms with Crippen molar-refractivity contribution in [1.82, 2.24) is 35.1 Å². The van der Waals surface area contributed by atoms with Crippen LogP contribution < -0.4 is 10.7 Å². The van der Waals surface area contributed by atoms with E-state index in [0.717, 1.165) is 50.1 Å². The number of benzene rings is 2. The fourth-order valence-electron chi connectivity index (χ4n) is 9.84. The van der Waals surface area contributed by atoms with E-state index < -0.39 is 41.3 Å². The van der Waals surface area contributed by atoms with Gasteiger partial charge in [0.1, 0.15) is 18.1 Å². The number of fused-ring (bicyclic) bond motifs is 6. The fourth-order valence-corrected chi connectivity index (χ4v) is 9.84. The van der Waals surface area contributed by atoms with Gasteiger partial charge in [-0.2, -0.15) is 67.5 Å². The monoisotopic (exact) mass is 1050 g/mol. The Morgan fingerprint density at radius 1 is 0.971 bits per heavy atom. The molecule has 2 aromatic carbocycles. The van der Waals surface area contributed by atoms with Crippen LogP contribution in [0.4, 0.5) is 0 Å². The van der Waals surface area contributed by atoms with Crippen LogP contribution in [0, 0.1) is 17.3 Å². The van der Waals surface area contributed by atoms with Gasteiger partial charge in [-0.05, 0) is 92.0 Å². The number of aromatic nitrogens is 2. The number of hydrogen-bond acceptors (Lipinski definition) is 9. The Morgan fingerprint density at radius 3 is 2.33 bits per heavy atom. The highest BCUT2D eigenvalue weighted by molar-refractivity contribution is 7.60. The van der Waals surface area contributed by atoms with Crippen molar-refractivity contribution in [2.45, 2.75) is 111 Å². The number of nitrogens with zero attached hydrogens (tertiary/aromatic N) is 5. The van der Waals surface area contributed by atoms with Gasteiger partial charge in [-0.1, -0.05) is 58.0 Å². The normalized spacial score (nSPS) is 19.8. The SMILES string of the molecule is CCn1c(-c2cccnc2[C@H](C)OC)c2c3cc(ccc31)-c1cccc(c1)C[C@H](NC(=O)[C@H](C(C)C)N(C)C(=O)[C@H]1CCN(C(C)=O)C1)C(=O)N1CCC[C@H](N1)C(=O)OCC(C)(C)C2.S.S.S.S.S. The number of likely N-dealkylation sites (N-methyl/N-ethyl adjacent to an activating group) is 1. The Hall–Kier alpha value is -3.85. The van der Waals surface area contributed by atoms with Crippen LogP contribution in [0.1, 0.15) is 90.7 Å². The van der Waals surface area contributed by atoms with E-state index in [4.69, 9.17) is 14.5 Å². The third kappa shape index (κ3) is 13.4. The molecule has 19 heteroatoms. The number of hydrazine groups is 1. The molecule has 5 heterocycles. The second-order valence-corrected chi connectivity index (χ2v) is 18.9. The highest BCUT2D eigenvalue weighted by atomic mass is 32.1. The zero-order valence-corrected chi connectivity index (χ0v) is 46.4. The van der Waals surface area contributed by atoms with Crippen molar-refractivity contribution in [3.05, 3.63) is 77.6 Å². The number of esters is 1. The molecule has 14 nitrogen and oxygen atoms in total. The summed E-state index contributed by atoms with van der Waals surface area (Å²) in [6, 6.07) is 15.9. The van der Waals surface area contributed by atoms with Crippen molar-refractivity contribution in [2.75, 3.05) is 40.4 Å². The summed E-state index contributed by atoms with van der Waals surface area (Å²) in [6.07, 6.45) is 3.85. The van der Waals surface area contributed by atoms with E-state index in [2.05, 4.69) is 72.5 Å². The van der Waals surface area contributed by atoms with Crippen molar-refractivity contribution >= 4 is 108 Å². The van der Waals surface area contributed by atoms with Crippen molar-refractivity contribution in [3.8, 4) is 22.4 Å². The molecule has 5 atom stereocenters. The van der Waals surface area contributed by atoms with E-state index in [1.165, 1.54) is 16.8 Å². The molecule has 2 saturated heterocycles. The molecule has 0 saturated carbocycles. The molecule has 2 N–H and O–H groups in total. The minimum Gasteiger partial charge on any atom is -0.464 e. The number of likely N-dealkylation sites (tertiary alicyclic amines) is 1. The first-order valence-electron chi connectivity index (χ1n) is 22.8. The molecule has 3 aliphatic heterocycles. The lowest BCUT2D eigenvalue weighted by molar-refractivity contribution is -0.155. The minimum atomic E-state index is -1.04. The first-order chi connectivity index (χ1) is 30.5. The molecule has 3 aliphatic rings. The number of amides is 4. The molecular weight excluding hydrogens is 971 g/mol. The molecule has 0 unspecified atom stereocenters. The summed E-state index contributed by atoms with van der Waals surface area (Å²) in [5.74, 6) is -2.29. The number of hydrogen-bond donors (Lipinski definition) is 2. The first-order valence-corrected chi connectivity index (χ1v) is 22.8. The van der Waals surface area contributed by atoms with Crippen LogP contribution in [-0.2, 0) is 52.8 Å². The predicted molar refractivity (Wildman–Crippen MR) is 297 cm³/mol. The van der Waals surface area contributed by atoms with Gasteiger partial charge in [0.25, 0.3) is 5.91 Å². The third-order valence-electron chi connectivity index (χ3n) is 13.3. The molecule has 0 radical (unpaired) electrons. The number of nitrogens with one attached hydrogen (secondary N) is 2. The largest absolute Gasteiger partial charge is 0.464 e. The van der Waals surface area contributed by atoms with Crippen molar-refractivity contribution in [1.29, 1.82) is 0 Å². The average molecular weight is 1050 g/mol. The Labute approximate surface area is 443 Å². The summed E-state index contributed by atoms with van der Waals surface area (Å²) >= 11 is 0. The highest BCUT2D eigenvalue weighted by Crippen LogP contribution is 2.42. The quantitative estimate of drug-likeness (QED) is 0.175. The summed E-state index contributed by atoms with van der Waals surface area (Å²) in [4.78, 5) is 76.9. The maximum atomic E-state index is 14.7. The number of aryl methyl sites for hydroxylation is 1. The van der Waals surface area contributed by atoms with Crippen molar-refractivity contribution < 1.29 is 33.4 Å². The predicted octanol–water partition coefficient (Wildman–Crippen LogP) is 6.66. The van der Waals surface area contributed by atoms with E-state index in [9.17, 15) is 24.0 Å². The Bertz CT molecular complexity index is 2430. The second kappa shape index (κ2) is 26.0. The van der Waals surface area contributed by atoms with Gasteiger partial charge in [0, 0.05) is 81.8 Å². The van der Waals surface area contributed by atoms with Crippen LogP contribution in [-0.4, -0.2) is 112 Å². The number of cyclic esters (lactones) is 1. The summed E-state index contributed by atoms with van der Waals surface area (Å²) in [5, 5.41) is 5.59. The molecular formula is C50H75N7O7S5. The minimum absolute atomic E-state index is 0. The maximum Gasteiger partial charge on any atom is 0.324 e. The Balaban J connectivity index is 0.00000327. The average Bonchev–Trinajstić information content (AvgIpc) is 3.90. The van der Waals surface area contributed by atoms with Gasteiger partial charge in [-0.3, -0.25) is 34.0 Å². The summed E-state index contributed by atoms with van der Waals surface area (Å²) in [6.45, 7) is 15.6. The number of rotatable bonds is 9. The molecule has 382 valence electrons. The topological polar surface area (TPSA) is 155 Å². The van der Waals surface area contributed by atoms with Crippen LogP contribution in [0.15, 0.2) is 60.8 Å². The summed E-state index contributed by atoms with van der Waals surface area (Å²) < 4.78 is 14.3. The first kappa shape index (κ1) is 61.3. The second-order valence-electron chi connectivity index (χ2n) is 18.9. The van der Waals surface area contributed by atoms with Gasteiger partial charge >= 0.3 is 5.97 Å². The van der Waals surface area contributed by atoms with Crippen molar-refractivity contribution in [3.63, 3.8) is 0 Å². The van der Waals surface area contributed by atoms with Gasteiger partial charge < -0.3 is 29.2 Å². The zero-order valence-electron chi connectivity index (χ0n) is 41.4. The van der Waals surface area contributed by atoms with E-state index >= 15 is 0 Å². The van der Waals surface area contributed by atoms with Crippen LogP contribution in [0.2, 0.25) is 0 Å². The van der Waals surface area contributed by atoms with Crippen LogP contribution in [0.3, 0.4) is 0 Å². The lowest BCUT2D eigenvalue weighted by Gasteiger charge is -2.37. The molecule has 2 aromatic heterocycles. The van der Waals surface area contributed by atoms with Gasteiger partial charge in [-0.25, -0.2) is 5.43 Å². The van der Waals surface area contributed by atoms with E-state index in [-0.39, 0.29) is 110 Å². The molecule has 0 spiro atoms. The molecule has 69 heavy (non-hydrogen) atoms. The van der Waals surface area contributed by atoms with Crippen molar-refractivity contribution in [2.24, 2.45) is 17.3 Å². The van der Waals surface area contributed by atoms with E-state index in [0.29, 0.717) is 51.9 Å². The third-order valence-corrected chi connectivity index (χ3v) is 13.3. The number of methoxy groups -OCH3 is 1. The van der Waals surface area contributed by atoms with Gasteiger partial charge in [0.2, 0.25) is 17.7 Å². The maximum absolute atomic E-state index is 14.7. The zero-order chi connectivity index (χ0) is 46.0. The van der Waals surface area contributed by atoms with Gasteiger partial charge in [0.15, 0.2) is 0 Å². The fraction of sp³-hybridized carbons (Fsp3) is 0.520. The molecule has 0 aliphatic carbocycles. The Kier molecular flexibility index (Phi) is 23.1. The summed E-state index contributed by atoms with van der Waals surface area (Å²) in [7, 11) is 3.31. The molecule has 7 rings (SSSR count). The molecule has 6 bridgehead atoms. The standard InChI is InChI=1S/C50H65N7O7.5H2S/c1-10-56-42-19-18-35-26-38(42)39(45(56)37-16-12-21-51-43(37)31(4)63-9)27-50(6,7)29-64-49(62)40-17-13-22-57(53-40)48(61)41(25-33-14-11-15-34(35)24-33)52-46(59)44(30(2)3)54(8)47(60)36-20-23-55(28-36)32(5)58;;;;;/h11-12,14-16,18-19,21,24,26,30-31,36,40-41,44,53H,10,13,17,20,22-23,25,27-29H2,1-9H3,(H,52,59);5*1H2/t31-,36-,40-,41-,44-;;;;;/m0...../s1. The molecule has 4 aromatic rings. The lowest BCUT2D eigenvalue weighted by atomic mass is 9.84. The lowest BCUT2D eigenvalue weighted by Crippen LogP contribution is -2.62. The smallest absolute Gasteiger partial charge is 0.324 e. The molecule has 2 fully saturated rings. The Morgan fingerprint density at radius 2 is 1.68 bits per heavy atom. The van der Waals surface area contributed by atoms with Gasteiger partial charge in [0.05, 0.1) is 30.0 Å². The number of pyridine rings is 1.